The van der Waals surface area contributed by atoms with Gasteiger partial charge in [0.05, 0.1) is 26.4 Å². The zero-order valence-corrected chi connectivity index (χ0v) is 64.0. The van der Waals surface area contributed by atoms with Crippen molar-refractivity contribution in [2.45, 2.75) is 367 Å². The van der Waals surface area contributed by atoms with E-state index in [9.17, 15) is 43.2 Å². The third kappa shape index (κ3) is 70.9. The SMILES string of the molecule is CCCCCC/C=C\C=C/CCCCCCCC(=O)OC[C@H](COP(=O)(O)OC[C@@H](O)COP(=O)(O)OC[C@@H](COC(=O)CCCCCCC/C=C\CCCCCCCC)OC(=O)CCCCCCC/C=C\C=C/CCCCCC)OC(=O)CCCCCCC/C=C\CCCCCC. The van der Waals surface area contributed by atoms with Gasteiger partial charge in [-0.2, -0.15) is 0 Å². The van der Waals surface area contributed by atoms with Crippen molar-refractivity contribution in [3.8, 4) is 0 Å². The average molecular weight is 1430 g/mol. The molecular formula is C79H142O17P2. The number of hydrogen-bond acceptors (Lipinski definition) is 15. The molecule has 0 bridgehead atoms. The smallest absolute Gasteiger partial charge is 0.462 e. The van der Waals surface area contributed by atoms with E-state index in [0.717, 1.165) is 154 Å². The topological polar surface area (TPSA) is 237 Å². The molecule has 0 aliphatic rings. The number of carbonyl (C=O) groups is 4. The Bertz CT molecular complexity index is 2140. The van der Waals surface area contributed by atoms with E-state index in [-0.39, 0.29) is 25.7 Å². The van der Waals surface area contributed by atoms with Gasteiger partial charge in [0.2, 0.25) is 0 Å². The van der Waals surface area contributed by atoms with Crippen molar-refractivity contribution < 1.29 is 80.2 Å². The van der Waals surface area contributed by atoms with Gasteiger partial charge in [-0.25, -0.2) is 9.13 Å². The molecule has 0 aromatic carbocycles. The molecule has 5 atom stereocenters. The molecule has 0 aliphatic carbocycles. The summed E-state index contributed by atoms with van der Waals surface area (Å²) in [5.74, 6) is -2.21. The van der Waals surface area contributed by atoms with E-state index in [4.69, 9.17) is 37.0 Å². The summed E-state index contributed by atoms with van der Waals surface area (Å²) in [4.78, 5) is 72.9. The van der Waals surface area contributed by atoms with E-state index in [1.54, 1.807) is 0 Å². The van der Waals surface area contributed by atoms with Crippen LogP contribution in [0.5, 0.6) is 0 Å². The Morgan fingerprint density at radius 2 is 0.500 bits per heavy atom. The average Bonchev–Trinajstić information content (AvgIpc) is 0.959. The largest absolute Gasteiger partial charge is 0.472 e. The fourth-order valence-electron chi connectivity index (χ4n) is 10.6. The van der Waals surface area contributed by atoms with Crippen molar-refractivity contribution in [2.75, 3.05) is 39.6 Å². The number of ether oxygens (including phenoxy) is 4. The molecule has 2 unspecified atom stereocenters. The van der Waals surface area contributed by atoms with Crippen LogP contribution in [0.2, 0.25) is 0 Å². The molecule has 0 aliphatic heterocycles. The minimum absolute atomic E-state index is 0.0781. The van der Waals surface area contributed by atoms with Gasteiger partial charge in [-0.3, -0.25) is 37.3 Å². The van der Waals surface area contributed by atoms with Gasteiger partial charge in [-0.05, 0) is 128 Å². The number of aliphatic hydroxyl groups excluding tert-OH is 1. The molecule has 19 heteroatoms. The monoisotopic (exact) mass is 1420 g/mol. The second-order valence-electron chi connectivity index (χ2n) is 26.3. The lowest BCUT2D eigenvalue weighted by Gasteiger charge is -2.21. The van der Waals surface area contributed by atoms with Crippen molar-refractivity contribution in [3.63, 3.8) is 0 Å². The van der Waals surface area contributed by atoms with Crippen LogP contribution in [0.3, 0.4) is 0 Å². The molecule has 0 saturated carbocycles. The maximum atomic E-state index is 13.1. The Hall–Kier alpha value is -3.50. The highest BCUT2D eigenvalue weighted by molar-refractivity contribution is 7.47. The number of phosphoric acid groups is 2. The van der Waals surface area contributed by atoms with Crippen LogP contribution in [-0.2, 0) is 65.4 Å². The van der Waals surface area contributed by atoms with Gasteiger partial charge in [0.25, 0.3) is 0 Å². The molecule has 0 amide bonds. The Morgan fingerprint density at radius 1 is 0.286 bits per heavy atom. The fourth-order valence-corrected chi connectivity index (χ4v) is 12.2. The summed E-state index contributed by atoms with van der Waals surface area (Å²) >= 11 is 0. The van der Waals surface area contributed by atoms with Crippen molar-refractivity contribution in [1.29, 1.82) is 0 Å². The van der Waals surface area contributed by atoms with Crippen molar-refractivity contribution >= 4 is 39.5 Å². The fraction of sp³-hybridized carbons (Fsp3) is 0.797. The Labute approximate surface area is 596 Å². The van der Waals surface area contributed by atoms with Crippen LogP contribution in [0.1, 0.15) is 349 Å². The first-order valence-corrected chi connectivity index (χ1v) is 42.2. The third-order valence-electron chi connectivity index (χ3n) is 16.7. The zero-order chi connectivity index (χ0) is 71.8. The number of unbranched alkanes of at least 4 members (excludes halogenated alkanes) is 38. The molecule has 17 nitrogen and oxygen atoms in total. The van der Waals surface area contributed by atoms with Gasteiger partial charge in [-0.15, -0.1) is 0 Å². The maximum absolute atomic E-state index is 13.1. The Balaban J connectivity index is 5.36. The van der Waals surface area contributed by atoms with Gasteiger partial charge in [-0.1, -0.05) is 268 Å². The first kappa shape index (κ1) is 94.5. The predicted octanol–water partition coefficient (Wildman–Crippen LogP) is 22.4. The van der Waals surface area contributed by atoms with E-state index < -0.39 is 97.5 Å². The molecule has 0 radical (unpaired) electrons. The molecule has 0 saturated heterocycles. The highest BCUT2D eigenvalue weighted by Gasteiger charge is 2.30. The van der Waals surface area contributed by atoms with Crippen LogP contribution < -0.4 is 0 Å². The Morgan fingerprint density at radius 3 is 0.776 bits per heavy atom. The minimum Gasteiger partial charge on any atom is -0.462 e. The second-order valence-corrected chi connectivity index (χ2v) is 29.3. The molecule has 0 fully saturated rings. The van der Waals surface area contributed by atoms with Gasteiger partial charge in [0.1, 0.15) is 19.3 Å². The molecule has 3 N–H and O–H groups in total. The molecular weight excluding hydrogens is 1280 g/mol. The van der Waals surface area contributed by atoms with Crippen molar-refractivity contribution in [3.05, 3.63) is 72.9 Å². The lowest BCUT2D eigenvalue weighted by Crippen LogP contribution is -2.30. The van der Waals surface area contributed by atoms with Gasteiger partial charge >= 0.3 is 39.5 Å². The quantitative estimate of drug-likeness (QED) is 0.0128. The molecule has 570 valence electrons. The summed E-state index contributed by atoms with van der Waals surface area (Å²) < 4.78 is 68.5. The van der Waals surface area contributed by atoms with Gasteiger partial charge in [0, 0.05) is 25.7 Å². The van der Waals surface area contributed by atoms with Crippen LogP contribution >= 0.6 is 15.6 Å². The number of esters is 4. The molecule has 98 heavy (non-hydrogen) atoms. The lowest BCUT2D eigenvalue weighted by molar-refractivity contribution is -0.161. The number of carbonyl (C=O) groups excluding carboxylic acids is 4. The van der Waals surface area contributed by atoms with E-state index in [2.05, 4.69) is 101 Å². The van der Waals surface area contributed by atoms with E-state index in [1.807, 2.05) is 0 Å². The Kier molecular flexibility index (Phi) is 69.3. The van der Waals surface area contributed by atoms with Gasteiger partial charge < -0.3 is 33.8 Å². The van der Waals surface area contributed by atoms with Crippen LogP contribution in [0.25, 0.3) is 0 Å². The van der Waals surface area contributed by atoms with Crippen LogP contribution in [0, 0.1) is 0 Å². The summed E-state index contributed by atoms with van der Waals surface area (Å²) in [5.41, 5.74) is 0. The third-order valence-corrected chi connectivity index (χ3v) is 18.6. The summed E-state index contributed by atoms with van der Waals surface area (Å²) in [5, 5.41) is 10.6. The summed E-state index contributed by atoms with van der Waals surface area (Å²) in [7, 11) is -9.95. The van der Waals surface area contributed by atoms with Crippen molar-refractivity contribution in [1.82, 2.24) is 0 Å². The first-order valence-electron chi connectivity index (χ1n) is 39.2. The number of phosphoric ester groups is 2. The van der Waals surface area contributed by atoms with Crippen LogP contribution in [-0.4, -0.2) is 96.7 Å². The molecule has 0 aromatic heterocycles. The van der Waals surface area contributed by atoms with Gasteiger partial charge in [0.15, 0.2) is 12.2 Å². The molecule has 0 aromatic rings. The first-order chi connectivity index (χ1) is 47.7. The molecule has 0 rings (SSSR count). The number of rotatable bonds is 74. The lowest BCUT2D eigenvalue weighted by atomic mass is 10.1. The summed E-state index contributed by atoms with van der Waals surface area (Å²) in [6, 6.07) is 0. The van der Waals surface area contributed by atoms with Crippen LogP contribution in [0.15, 0.2) is 72.9 Å². The molecule has 0 spiro atoms. The molecule has 0 heterocycles. The van der Waals surface area contributed by atoms with Crippen molar-refractivity contribution in [2.24, 2.45) is 0 Å². The predicted molar refractivity (Wildman–Crippen MR) is 400 cm³/mol. The van der Waals surface area contributed by atoms with Crippen LogP contribution in [0.4, 0.5) is 0 Å². The summed E-state index contributed by atoms with van der Waals surface area (Å²) in [6.07, 6.45) is 71.6. The number of hydrogen-bond donors (Lipinski definition) is 3. The number of allylic oxidation sites excluding steroid dienone is 12. The van der Waals surface area contributed by atoms with E-state index in [1.165, 1.54) is 116 Å². The highest BCUT2D eigenvalue weighted by Crippen LogP contribution is 2.45. The highest BCUT2D eigenvalue weighted by atomic mass is 31.2. The number of aliphatic hydroxyl groups is 1. The van der Waals surface area contributed by atoms with E-state index >= 15 is 0 Å². The summed E-state index contributed by atoms with van der Waals surface area (Å²) in [6.45, 7) is 4.80. The standard InChI is InChI=1S/C79H142O17P2/c1-5-9-13-17-21-25-29-33-36-40-43-47-51-55-59-63-76(81)89-69-74(95-78(83)65-61-57-53-49-45-39-32-28-24-20-16-12-8-4)71-93-97(85,86)91-67-73(80)68-92-98(87,88)94-72-75(96-79(84)66-62-58-54-50-46-42-38-35-31-27-23-19-15-11-7-3)70-90-77(82)64-60-56-52-48-44-41-37-34-30-26-22-18-14-10-6-2/h25,27-29,31-38,73-75,80H,5-24,26,30,39-72H2,1-4H3,(H,85,86)(H,87,88)/b29-25-,31-27-,32-28-,36-33-,37-34-,38-35-/t73-,74-,75-/m1/s1. The maximum Gasteiger partial charge on any atom is 0.472 e. The minimum atomic E-state index is -4.98. The van der Waals surface area contributed by atoms with E-state index in [0.29, 0.717) is 25.7 Å². The normalized spacial score (nSPS) is 14.3. The second kappa shape index (κ2) is 71.9. The zero-order valence-electron chi connectivity index (χ0n) is 62.2.